The Bertz CT molecular complexity index is 578. The molecule has 17 heavy (non-hydrogen) atoms. The fraction of sp³-hybridized carbons (Fsp3) is 0. The molecule has 0 radical (unpaired) electrons. The van der Waals surface area contributed by atoms with Crippen molar-refractivity contribution >= 4 is 44.7 Å². The van der Waals surface area contributed by atoms with Crippen molar-refractivity contribution in [2.24, 2.45) is 0 Å². The van der Waals surface area contributed by atoms with E-state index in [9.17, 15) is 13.6 Å². The lowest BCUT2D eigenvalue weighted by atomic mass is 10.1. The molecular formula is C11H4BrClF2OS. The van der Waals surface area contributed by atoms with E-state index in [0.717, 1.165) is 23.5 Å². The summed E-state index contributed by atoms with van der Waals surface area (Å²) >= 11 is 10.1. The summed E-state index contributed by atoms with van der Waals surface area (Å²) in [4.78, 5) is 12.3. The van der Waals surface area contributed by atoms with Gasteiger partial charge in [-0.25, -0.2) is 8.78 Å². The van der Waals surface area contributed by atoms with Crippen LogP contribution in [0.25, 0.3) is 0 Å². The number of carbonyl (C=O) groups is 1. The molecule has 0 bridgehead atoms. The zero-order chi connectivity index (χ0) is 12.6. The third-order valence-corrected chi connectivity index (χ3v) is 4.52. The molecule has 0 aliphatic rings. The van der Waals surface area contributed by atoms with Crippen molar-refractivity contribution in [1.29, 1.82) is 0 Å². The van der Waals surface area contributed by atoms with Crippen LogP contribution in [0.3, 0.4) is 0 Å². The SMILES string of the molecule is O=C(c1ccc(F)c(F)c1)c1cc(Cl)c(Br)s1. The fourth-order valence-electron chi connectivity index (χ4n) is 1.24. The van der Waals surface area contributed by atoms with Crippen LogP contribution in [0, 0.1) is 11.6 Å². The third-order valence-electron chi connectivity index (χ3n) is 2.05. The summed E-state index contributed by atoms with van der Waals surface area (Å²) in [6, 6.07) is 4.52. The highest BCUT2D eigenvalue weighted by atomic mass is 79.9. The first-order valence-corrected chi connectivity index (χ1v) is 6.42. The first kappa shape index (κ1) is 12.7. The Labute approximate surface area is 113 Å². The van der Waals surface area contributed by atoms with Gasteiger partial charge in [0.15, 0.2) is 11.6 Å². The van der Waals surface area contributed by atoms with Gasteiger partial charge in [0.2, 0.25) is 5.78 Å². The number of halogens is 4. The molecule has 0 aliphatic heterocycles. The first-order chi connectivity index (χ1) is 7.99. The van der Waals surface area contributed by atoms with E-state index in [1.54, 1.807) is 0 Å². The summed E-state index contributed by atoms with van der Waals surface area (Å²) in [6.45, 7) is 0. The molecule has 0 saturated carbocycles. The maximum absolute atomic E-state index is 13.0. The van der Waals surface area contributed by atoms with E-state index >= 15 is 0 Å². The number of ketones is 1. The van der Waals surface area contributed by atoms with Gasteiger partial charge < -0.3 is 0 Å². The minimum Gasteiger partial charge on any atom is -0.288 e. The van der Waals surface area contributed by atoms with Crippen LogP contribution < -0.4 is 0 Å². The van der Waals surface area contributed by atoms with E-state index in [4.69, 9.17) is 11.6 Å². The maximum Gasteiger partial charge on any atom is 0.203 e. The van der Waals surface area contributed by atoms with Crippen LogP contribution in [0.5, 0.6) is 0 Å². The van der Waals surface area contributed by atoms with E-state index in [-0.39, 0.29) is 11.3 Å². The van der Waals surface area contributed by atoms with Crippen LogP contribution in [0.15, 0.2) is 28.1 Å². The average molecular weight is 338 g/mol. The lowest BCUT2D eigenvalue weighted by Crippen LogP contribution is -2.00. The Balaban J connectivity index is 2.40. The average Bonchev–Trinajstić information content (AvgIpc) is 2.62. The molecule has 0 N–H and O–H groups in total. The van der Waals surface area contributed by atoms with Crippen molar-refractivity contribution in [2.75, 3.05) is 0 Å². The van der Waals surface area contributed by atoms with Crippen molar-refractivity contribution < 1.29 is 13.6 Å². The lowest BCUT2D eigenvalue weighted by Gasteiger charge is -1.98. The van der Waals surface area contributed by atoms with Crippen LogP contribution in [0.2, 0.25) is 5.02 Å². The molecule has 88 valence electrons. The molecule has 1 heterocycles. The molecular weight excluding hydrogens is 334 g/mol. The summed E-state index contributed by atoms with van der Waals surface area (Å²) in [5.74, 6) is -2.41. The molecule has 2 aromatic rings. The van der Waals surface area contributed by atoms with E-state index in [0.29, 0.717) is 13.7 Å². The monoisotopic (exact) mass is 336 g/mol. The molecule has 1 aromatic heterocycles. The van der Waals surface area contributed by atoms with Crippen LogP contribution in [0.1, 0.15) is 15.2 Å². The molecule has 0 unspecified atom stereocenters. The van der Waals surface area contributed by atoms with E-state index in [2.05, 4.69) is 15.9 Å². The van der Waals surface area contributed by atoms with Crippen molar-refractivity contribution in [3.05, 3.63) is 55.1 Å². The van der Waals surface area contributed by atoms with E-state index in [1.165, 1.54) is 12.1 Å². The summed E-state index contributed by atoms with van der Waals surface area (Å²) in [5, 5.41) is 0.418. The predicted molar refractivity (Wildman–Crippen MR) is 66.8 cm³/mol. The van der Waals surface area contributed by atoms with Crippen LogP contribution >= 0.6 is 38.9 Å². The van der Waals surface area contributed by atoms with Gasteiger partial charge in [0.25, 0.3) is 0 Å². The first-order valence-electron chi connectivity index (χ1n) is 4.43. The van der Waals surface area contributed by atoms with Gasteiger partial charge in [0, 0.05) is 5.56 Å². The molecule has 1 nitrogen and oxygen atoms in total. The zero-order valence-electron chi connectivity index (χ0n) is 8.14. The van der Waals surface area contributed by atoms with Gasteiger partial charge in [0.05, 0.1) is 13.7 Å². The smallest absolute Gasteiger partial charge is 0.203 e. The van der Waals surface area contributed by atoms with Gasteiger partial charge in [-0.3, -0.25) is 4.79 Å². The quantitative estimate of drug-likeness (QED) is 0.728. The summed E-state index contributed by atoms with van der Waals surface area (Å²) < 4.78 is 26.3. The molecule has 0 fully saturated rings. The number of rotatable bonds is 2. The predicted octanol–water partition coefficient (Wildman–Crippen LogP) is 4.67. The fourth-order valence-corrected chi connectivity index (χ4v) is 2.90. The molecule has 0 aliphatic carbocycles. The highest BCUT2D eigenvalue weighted by molar-refractivity contribution is 9.11. The molecule has 2 rings (SSSR count). The Morgan fingerprint density at radius 1 is 1.24 bits per heavy atom. The second-order valence-electron chi connectivity index (χ2n) is 3.19. The van der Waals surface area contributed by atoms with Crippen molar-refractivity contribution in [3.8, 4) is 0 Å². The van der Waals surface area contributed by atoms with Crippen molar-refractivity contribution in [3.63, 3.8) is 0 Å². The second kappa shape index (κ2) is 4.84. The number of carbonyl (C=O) groups excluding carboxylic acids is 1. The number of hydrogen-bond donors (Lipinski definition) is 0. The van der Waals surface area contributed by atoms with Gasteiger partial charge in [0.1, 0.15) is 0 Å². The van der Waals surface area contributed by atoms with Crippen molar-refractivity contribution in [1.82, 2.24) is 0 Å². The largest absolute Gasteiger partial charge is 0.288 e. The van der Waals surface area contributed by atoms with E-state index < -0.39 is 11.6 Å². The van der Waals surface area contributed by atoms with Crippen LogP contribution in [-0.4, -0.2) is 5.78 Å². The van der Waals surface area contributed by atoms with E-state index in [1.807, 2.05) is 0 Å². The normalized spacial score (nSPS) is 10.6. The second-order valence-corrected chi connectivity index (χ2v) is 5.97. The Kier molecular flexibility index (Phi) is 3.61. The maximum atomic E-state index is 13.0. The highest BCUT2D eigenvalue weighted by Gasteiger charge is 2.15. The molecule has 1 aromatic carbocycles. The summed E-state index contributed by atoms with van der Waals surface area (Å²) in [6.07, 6.45) is 0. The molecule has 0 amide bonds. The topological polar surface area (TPSA) is 17.1 Å². The number of benzene rings is 1. The summed E-state index contributed by atoms with van der Waals surface area (Å²) in [5.41, 5.74) is 0.0920. The van der Waals surface area contributed by atoms with Gasteiger partial charge in [-0.15, -0.1) is 11.3 Å². The Hall–Kier alpha value is -0.780. The minimum absolute atomic E-state index is 0.0920. The molecule has 0 atom stereocenters. The molecule has 0 saturated heterocycles. The van der Waals surface area contributed by atoms with Gasteiger partial charge in [-0.1, -0.05) is 11.6 Å². The zero-order valence-corrected chi connectivity index (χ0v) is 11.3. The van der Waals surface area contributed by atoms with Gasteiger partial charge >= 0.3 is 0 Å². The minimum atomic E-state index is -1.04. The third kappa shape index (κ3) is 2.56. The highest BCUT2D eigenvalue weighted by Crippen LogP contribution is 2.33. The van der Waals surface area contributed by atoms with Gasteiger partial charge in [-0.05, 0) is 40.2 Å². The van der Waals surface area contributed by atoms with Gasteiger partial charge in [-0.2, -0.15) is 0 Å². The van der Waals surface area contributed by atoms with Crippen LogP contribution in [0.4, 0.5) is 8.78 Å². The summed E-state index contributed by atoms with van der Waals surface area (Å²) in [7, 11) is 0. The molecule has 0 spiro atoms. The van der Waals surface area contributed by atoms with Crippen LogP contribution in [-0.2, 0) is 0 Å². The molecule has 6 heteroatoms. The number of thiophene rings is 1. The standard InChI is InChI=1S/C11H4BrClF2OS/c12-11-6(13)4-9(17-11)10(16)5-1-2-7(14)8(15)3-5/h1-4H. The Morgan fingerprint density at radius 3 is 2.47 bits per heavy atom. The number of hydrogen-bond acceptors (Lipinski definition) is 2. The lowest BCUT2D eigenvalue weighted by molar-refractivity contribution is 0.104. The van der Waals surface area contributed by atoms with Crippen molar-refractivity contribution in [2.45, 2.75) is 0 Å². The Morgan fingerprint density at radius 2 is 1.94 bits per heavy atom.